The molecule has 0 aromatic heterocycles. The van der Waals surface area contributed by atoms with Gasteiger partial charge in [0.05, 0.1) is 22.1 Å². The first-order valence-electron chi connectivity index (χ1n) is 9.57. The SMILES string of the molecule is CCCCCCCCOc1ccc(S2=NN=C(c3cc(Cl)ccc3Cl)O2)cc1. The van der Waals surface area contributed by atoms with Crippen LogP contribution in [0.1, 0.15) is 51.0 Å². The Bertz CT molecular complexity index is 854. The highest BCUT2D eigenvalue weighted by atomic mass is 35.5. The first-order valence-corrected chi connectivity index (χ1v) is 11.4. The second kappa shape index (κ2) is 10.8. The van der Waals surface area contributed by atoms with Crippen molar-refractivity contribution in [3.63, 3.8) is 0 Å². The quantitative estimate of drug-likeness (QED) is 0.368. The number of nitrogens with zero attached hydrogens (tertiary/aromatic N) is 2. The van der Waals surface area contributed by atoms with Crippen molar-refractivity contribution in [1.29, 1.82) is 0 Å². The Morgan fingerprint density at radius 2 is 1.71 bits per heavy atom. The highest BCUT2D eigenvalue weighted by molar-refractivity contribution is 7.83. The fraction of sp³-hybridized carbons (Fsp3) is 0.381. The summed E-state index contributed by atoms with van der Waals surface area (Å²) in [6, 6.07) is 13.0. The van der Waals surface area contributed by atoms with Crippen molar-refractivity contribution in [1.82, 2.24) is 0 Å². The number of unbranched alkanes of at least 4 members (excludes halogenated alkanes) is 5. The minimum Gasteiger partial charge on any atom is -0.494 e. The lowest BCUT2D eigenvalue weighted by Gasteiger charge is -2.08. The van der Waals surface area contributed by atoms with Gasteiger partial charge in [-0.15, -0.1) is 5.10 Å². The molecule has 0 spiro atoms. The van der Waals surface area contributed by atoms with Gasteiger partial charge in [-0.25, -0.2) is 0 Å². The van der Waals surface area contributed by atoms with Gasteiger partial charge >= 0.3 is 0 Å². The zero-order valence-corrected chi connectivity index (χ0v) is 18.2. The molecule has 1 aliphatic rings. The molecule has 1 heterocycles. The Kier molecular flexibility index (Phi) is 8.19. The van der Waals surface area contributed by atoms with Crippen molar-refractivity contribution in [3.05, 3.63) is 58.1 Å². The van der Waals surface area contributed by atoms with Crippen LogP contribution in [-0.4, -0.2) is 12.5 Å². The van der Waals surface area contributed by atoms with Crippen LogP contribution in [0.15, 0.2) is 56.9 Å². The summed E-state index contributed by atoms with van der Waals surface area (Å²) in [5, 5.41) is 5.24. The Morgan fingerprint density at radius 3 is 2.50 bits per heavy atom. The topological polar surface area (TPSA) is 43.2 Å². The van der Waals surface area contributed by atoms with Crippen molar-refractivity contribution < 1.29 is 8.92 Å². The van der Waals surface area contributed by atoms with Gasteiger partial charge in [0.25, 0.3) is 5.90 Å². The summed E-state index contributed by atoms with van der Waals surface area (Å²) in [5.74, 6) is 1.25. The maximum atomic E-state index is 6.21. The van der Waals surface area contributed by atoms with Crippen molar-refractivity contribution in [2.75, 3.05) is 6.61 Å². The fourth-order valence-electron chi connectivity index (χ4n) is 2.76. The van der Waals surface area contributed by atoms with Gasteiger partial charge < -0.3 is 8.92 Å². The van der Waals surface area contributed by atoms with Crippen molar-refractivity contribution >= 4 is 40.1 Å². The number of ether oxygens (including phenoxy) is 1. The maximum Gasteiger partial charge on any atom is 0.258 e. The molecule has 1 unspecified atom stereocenters. The Morgan fingerprint density at radius 1 is 0.964 bits per heavy atom. The second-order valence-electron chi connectivity index (χ2n) is 6.53. The van der Waals surface area contributed by atoms with Crippen LogP contribution in [0.5, 0.6) is 5.75 Å². The molecule has 0 bridgehead atoms. The summed E-state index contributed by atoms with van der Waals surface area (Å²) in [7, 11) is -0.793. The average molecular weight is 439 g/mol. The average Bonchev–Trinajstić information content (AvgIpc) is 3.19. The number of benzene rings is 2. The van der Waals surface area contributed by atoms with E-state index in [2.05, 4.69) is 16.5 Å². The van der Waals surface area contributed by atoms with Crippen LogP contribution in [0.25, 0.3) is 0 Å². The number of rotatable bonds is 10. The smallest absolute Gasteiger partial charge is 0.258 e. The lowest BCUT2D eigenvalue weighted by atomic mass is 10.1. The van der Waals surface area contributed by atoms with Crippen molar-refractivity contribution in [2.24, 2.45) is 9.57 Å². The first-order chi connectivity index (χ1) is 13.7. The second-order valence-corrected chi connectivity index (χ2v) is 8.67. The fourth-order valence-corrected chi connectivity index (χ4v) is 4.15. The summed E-state index contributed by atoms with van der Waals surface area (Å²) < 4.78 is 15.9. The molecule has 1 atom stereocenters. The standard InChI is InChI=1S/C21H24Cl2N2O2S/c1-2-3-4-5-6-7-14-26-17-9-11-18(12-10-17)28-25-24-21(27-28)19-15-16(22)8-13-20(19)23/h8-13,15H,2-7,14H2,1H3. The van der Waals surface area contributed by atoms with E-state index in [4.69, 9.17) is 32.1 Å². The molecule has 0 aliphatic carbocycles. The monoisotopic (exact) mass is 438 g/mol. The zero-order valence-electron chi connectivity index (χ0n) is 15.9. The molecule has 150 valence electrons. The van der Waals surface area contributed by atoms with Gasteiger partial charge in [-0.05, 0) is 48.9 Å². The van der Waals surface area contributed by atoms with Gasteiger partial charge in [-0.2, -0.15) is 0 Å². The molecular weight excluding hydrogens is 415 g/mol. The van der Waals surface area contributed by atoms with Gasteiger partial charge in [-0.3, -0.25) is 0 Å². The molecule has 28 heavy (non-hydrogen) atoms. The first kappa shape index (κ1) is 21.2. The minimum absolute atomic E-state index is 0.388. The maximum absolute atomic E-state index is 6.21. The molecule has 7 heteroatoms. The molecule has 0 saturated heterocycles. The van der Waals surface area contributed by atoms with E-state index < -0.39 is 11.0 Å². The highest BCUT2D eigenvalue weighted by Gasteiger charge is 2.19. The van der Waals surface area contributed by atoms with E-state index in [1.54, 1.807) is 18.2 Å². The normalized spacial score (nSPS) is 15.7. The van der Waals surface area contributed by atoms with Crippen LogP contribution < -0.4 is 4.74 Å². The molecule has 0 N–H and O–H groups in total. The molecule has 3 rings (SSSR count). The summed E-state index contributed by atoms with van der Waals surface area (Å²) in [4.78, 5) is 0.934. The molecule has 0 fully saturated rings. The molecular formula is C21H24Cl2N2O2S. The summed E-state index contributed by atoms with van der Waals surface area (Å²) in [6.07, 6.45) is 7.52. The van der Waals surface area contributed by atoms with Gasteiger partial charge in [0.2, 0.25) is 0 Å². The minimum atomic E-state index is -0.793. The van der Waals surface area contributed by atoms with Crippen LogP contribution in [0.3, 0.4) is 0 Å². The van der Waals surface area contributed by atoms with Gasteiger partial charge in [0, 0.05) is 5.02 Å². The molecule has 2 aromatic carbocycles. The predicted octanol–water partition coefficient (Wildman–Crippen LogP) is 7.20. The van der Waals surface area contributed by atoms with E-state index in [-0.39, 0.29) is 0 Å². The Hall–Kier alpha value is -1.56. The third kappa shape index (κ3) is 5.97. The lowest BCUT2D eigenvalue weighted by molar-refractivity contribution is 0.304. The summed E-state index contributed by atoms with van der Waals surface area (Å²) in [6.45, 7) is 2.98. The molecule has 0 radical (unpaired) electrons. The summed E-state index contributed by atoms with van der Waals surface area (Å²) in [5.41, 5.74) is 0.645. The predicted molar refractivity (Wildman–Crippen MR) is 117 cm³/mol. The third-order valence-electron chi connectivity index (χ3n) is 4.31. The molecule has 0 amide bonds. The number of hydrogen-bond acceptors (Lipinski definition) is 4. The van der Waals surface area contributed by atoms with E-state index in [0.29, 0.717) is 21.5 Å². The van der Waals surface area contributed by atoms with E-state index in [9.17, 15) is 0 Å². The van der Waals surface area contributed by atoms with Crippen molar-refractivity contribution in [3.8, 4) is 5.75 Å². The molecule has 2 aromatic rings. The van der Waals surface area contributed by atoms with E-state index in [1.165, 1.54) is 32.1 Å². The van der Waals surface area contributed by atoms with E-state index >= 15 is 0 Å². The van der Waals surface area contributed by atoms with Gasteiger partial charge in [0.1, 0.15) is 16.7 Å². The highest BCUT2D eigenvalue weighted by Crippen LogP contribution is 2.27. The van der Waals surface area contributed by atoms with Crippen LogP contribution in [0, 0.1) is 0 Å². The van der Waals surface area contributed by atoms with Crippen LogP contribution in [-0.2, 0) is 15.2 Å². The summed E-state index contributed by atoms with van der Waals surface area (Å²) >= 11 is 12.3. The number of halogens is 2. The van der Waals surface area contributed by atoms with Gasteiger partial charge in [0.15, 0.2) is 0 Å². The number of hydrogen-bond donors (Lipinski definition) is 0. The molecule has 0 saturated carbocycles. The van der Waals surface area contributed by atoms with Gasteiger partial charge in [-0.1, -0.05) is 66.7 Å². The van der Waals surface area contributed by atoms with E-state index in [0.717, 1.165) is 23.7 Å². The third-order valence-corrected chi connectivity index (χ3v) is 6.10. The van der Waals surface area contributed by atoms with Crippen LogP contribution >= 0.6 is 23.2 Å². The largest absolute Gasteiger partial charge is 0.494 e. The molecule has 4 nitrogen and oxygen atoms in total. The zero-order chi connectivity index (χ0) is 19.8. The van der Waals surface area contributed by atoms with Crippen LogP contribution in [0.4, 0.5) is 0 Å². The Labute approximate surface area is 179 Å². The van der Waals surface area contributed by atoms with Crippen LogP contribution in [0.2, 0.25) is 10.0 Å². The van der Waals surface area contributed by atoms with E-state index in [1.807, 2.05) is 24.3 Å². The van der Waals surface area contributed by atoms with Crippen molar-refractivity contribution in [2.45, 2.75) is 50.3 Å². The molecule has 1 aliphatic heterocycles. The lowest BCUT2D eigenvalue weighted by Crippen LogP contribution is -2.05. The Balaban J connectivity index is 1.48.